The van der Waals surface area contributed by atoms with Crippen LogP contribution in [0.2, 0.25) is 0 Å². The summed E-state index contributed by atoms with van der Waals surface area (Å²) in [6.45, 7) is 0. The molecule has 4 aromatic carbocycles. The Labute approximate surface area is 169 Å². The number of benzene rings is 4. The Morgan fingerprint density at radius 3 is 1.33 bits per heavy atom. The molecule has 2 nitrogen and oxygen atoms in total. The van der Waals surface area contributed by atoms with Crippen LogP contribution in [-0.4, -0.2) is 27.6 Å². The zero-order valence-electron chi connectivity index (χ0n) is 17.4. The standard InChI is InChI=1S/C20H14O2.Al.Li.4H/c21-19-15-7-3-1-5-13(15)9-11-17(19)18-12-10-14-6-2-4-8-16(14)20(18)22;;;;;;/h1-12,21-22H;;;;;;/q;+3;+1;4*-1. The van der Waals surface area contributed by atoms with Gasteiger partial charge in [0.05, 0.1) is 0 Å². The monoisotopic (exact) mass is 324 g/mol. The molecule has 0 spiro atoms. The number of fused-ring (bicyclic) bond motifs is 2. The van der Waals surface area contributed by atoms with Gasteiger partial charge in [0, 0.05) is 21.9 Å². The number of hydrogen-bond donors (Lipinski definition) is 2. The molecule has 0 aliphatic carbocycles. The molecule has 4 rings (SSSR count). The maximum absolute atomic E-state index is 10.6. The van der Waals surface area contributed by atoms with Crippen LogP contribution >= 0.6 is 0 Å². The Bertz CT molecular complexity index is 948. The topological polar surface area (TPSA) is 40.5 Å². The van der Waals surface area contributed by atoms with Gasteiger partial charge in [-0.2, -0.15) is 0 Å². The van der Waals surface area contributed by atoms with Crippen LogP contribution in [0.4, 0.5) is 0 Å². The molecule has 0 fully saturated rings. The largest absolute Gasteiger partial charge is 3.00 e. The quantitative estimate of drug-likeness (QED) is 0.527. The summed E-state index contributed by atoms with van der Waals surface area (Å²) < 4.78 is 0. The molecule has 0 unspecified atom stereocenters. The number of phenolic OH excluding ortho intramolecular Hbond substituents is 2. The second kappa shape index (κ2) is 7.35. The third-order valence-corrected chi connectivity index (χ3v) is 4.09. The van der Waals surface area contributed by atoms with Crippen molar-refractivity contribution >= 4 is 38.9 Å². The van der Waals surface area contributed by atoms with E-state index in [1.54, 1.807) is 0 Å². The Hall–Kier alpha value is -1.87. The molecule has 0 amide bonds. The minimum absolute atomic E-state index is 0. The van der Waals surface area contributed by atoms with Gasteiger partial charge in [-0.25, -0.2) is 0 Å². The maximum atomic E-state index is 10.6. The number of hydrogen-bond acceptors (Lipinski definition) is 2. The fourth-order valence-corrected chi connectivity index (χ4v) is 2.94. The predicted molar refractivity (Wildman–Crippen MR) is 100 cm³/mol. The molecule has 0 radical (unpaired) electrons. The number of phenols is 2. The summed E-state index contributed by atoms with van der Waals surface area (Å²) in [5.74, 6) is 0.396. The maximum Gasteiger partial charge on any atom is 3.00 e. The van der Waals surface area contributed by atoms with Crippen molar-refractivity contribution in [2.45, 2.75) is 0 Å². The van der Waals surface area contributed by atoms with Crippen molar-refractivity contribution in [1.29, 1.82) is 0 Å². The summed E-state index contributed by atoms with van der Waals surface area (Å²) in [5, 5.41) is 24.7. The van der Waals surface area contributed by atoms with Crippen molar-refractivity contribution in [3.63, 3.8) is 0 Å². The molecule has 0 bridgehead atoms. The average molecular weight is 324 g/mol. The molecular formula is C20H18AlLiO2. The third kappa shape index (κ3) is 2.93. The van der Waals surface area contributed by atoms with Crippen molar-refractivity contribution < 1.29 is 34.8 Å². The van der Waals surface area contributed by atoms with Crippen molar-refractivity contribution in [3.05, 3.63) is 72.8 Å². The van der Waals surface area contributed by atoms with E-state index >= 15 is 0 Å². The van der Waals surface area contributed by atoms with Crippen molar-refractivity contribution in [1.82, 2.24) is 0 Å². The molecule has 0 atom stereocenters. The van der Waals surface area contributed by atoms with Crippen LogP contribution in [-0.2, 0) is 0 Å². The van der Waals surface area contributed by atoms with Gasteiger partial charge in [-0.05, 0) is 22.9 Å². The SMILES string of the molecule is Oc1c(-c2ccc3ccccc3c2O)ccc2ccccc12.[Al+3].[H-].[H-].[H-].[H-].[Li+]. The first-order valence-electron chi connectivity index (χ1n) is 7.17. The van der Waals surface area contributed by atoms with Crippen LogP contribution in [0.1, 0.15) is 5.71 Å². The first-order chi connectivity index (χ1) is 10.8. The number of rotatable bonds is 1. The summed E-state index contributed by atoms with van der Waals surface area (Å²) in [6, 6.07) is 23.0. The fraction of sp³-hybridized carbons (Fsp3) is 0. The van der Waals surface area contributed by atoms with Gasteiger partial charge in [0.15, 0.2) is 0 Å². The summed E-state index contributed by atoms with van der Waals surface area (Å²) >= 11 is 0. The molecule has 24 heavy (non-hydrogen) atoms. The van der Waals surface area contributed by atoms with E-state index in [4.69, 9.17) is 0 Å². The van der Waals surface area contributed by atoms with Gasteiger partial charge in [-0.15, -0.1) is 0 Å². The van der Waals surface area contributed by atoms with E-state index < -0.39 is 0 Å². The first kappa shape index (κ1) is 18.5. The van der Waals surface area contributed by atoms with Crippen LogP contribution < -0.4 is 18.9 Å². The molecule has 2 N–H and O–H groups in total. The van der Waals surface area contributed by atoms with Crippen LogP contribution in [0.25, 0.3) is 32.7 Å². The van der Waals surface area contributed by atoms with E-state index in [0.717, 1.165) is 21.5 Å². The van der Waals surface area contributed by atoms with Crippen LogP contribution in [0, 0.1) is 0 Å². The second-order valence-corrected chi connectivity index (χ2v) is 5.37. The first-order valence-corrected chi connectivity index (χ1v) is 7.17. The molecule has 4 aromatic rings. The van der Waals surface area contributed by atoms with E-state index in [-0.39, 0.29) is 53.4 Å². The zero-order valence-corrected chi connectivity index (χ0v) is 14.6. The Kier molecular flexibility index (Phi) is 5.66. The number of aromatic hydroxyl groups is 2. The van der Waals surface area contributed by atoms with Crippen molar-refractivity contribution in [2.75, 3.05) is 0 Å². The van der Waals surface area contributed by atoms with E-state index in [9.17, 15) is 10.2 Å². The van der Waals surface area contributed by atoms with Gasteiger partial charge in [-0.1, -0.05) is 60.7 Å². The molecular weight excluding hydrogens is 306 g/mol. The average Bonchev–Trinajstić information content (AvgIpc) is 2.57. The molecule has 0 aliphatic rings. The molecule has 0 saturated carbocycles. The van der Waals surface area contributed by atoms with Crippen LogP contribution in [0.15, 0.2) is 72.8 Å². The van der Waals surface area contributed by atoms with Gasteiger partial charge in [0.1, 0.15) is 11.5 Å². The Morgan fingerprint density at radius 1 is 0.542 bits per heavy atom. The third-order valence-electron chi connectivity index (χ3n) is 4.09. The fourth-order valence-electron chi connectivity index (χ4n) is 2.94. The van der Waals surface area contributed by atoms with Gasteiger partial charge in [-0.3, -0.25) is 0 Å². The predicted octanol–water partition coefficient (Wildman–Crippen LogP) is 2.14. The van der Waals surface area contributed by atoms with Gasteiger partial charge in [0.25, 0.3) is 0 Å². The Balaban J connectivity index is -0.00000104. The van der Waals surface area contributed by atoms with Gasteiger partial charge >= 0.3 is 36.2 Å². The zero-order chi connectivity index (χ0) is 15.1. The van der Waals surface area contributed by atoms with Crippen molar-refractivity contribution in [3.8, 4) is 22.6 Å². The molecule has 0 saturated heterocycles. The van der Waals surface area contributed by atoms with Gasteiger partial charge in [0.2, 0.25) is 0 Å². The summed E-state index contributed by atoms with van der Waals surface area (Å²) in [6.07, 6.45) is 0. The van der Waals surface area contributed by atoms with Crippen LogP contribution in [0.5, 0.6) is 11.5 Å². The van der Waals surface area contributed by atoms with E-state index in [1.165, 1.54) is 0 Å². The molecule has 0 heterocycles. The minimum Gasteiger partial charge on any atom is -1.00 e. The Morgan fingerprint density at radius 2 is 0.917 bits per heavy atom. The van der Waals surface area contributed by atoms with Gasteiger partial charge < -0.3 is 15.9 Å². The van der Waals surface area contributed by atoms with E-state index in [1.807, 2.05) is 72.8 Å². The normalized spacial score (nSPS) is 10.2. The molecule has 0 aliphatic heterocycles. The van der Waals surface area contributed by atoms with E-state index in [0.29, 0.717) is 11.1 Å². The summed E-state index contributed by atoms with van der Waals surface area (Å²) in [4.78, 5) is 0. The second-order valence-electron chi connectivity index (χ2n) is 5.37. The summed E-state index contributed by atoms with van der Waals surface area (Å²) in [5.41, 5.74) is 1.28. The van der Waals surface area contributed by atoms with Crippen LogP contribution in [0.3, 0.4) is 0 Å². The smallest absolute Gasteiger partial charge is 1.00 e. The molecule has 114 valence electrons. The molecule has 4 heteroatoms. The van der Waals surface area contributed by atoms with E-state index in [2.05, 4.69) is 0 Å². The molecule has 0 aromatic heterocycles. The van der Waals surface area contributed by atoms with Crippen molar-refractivity contribution in [2.24, 2.45) is 0 Å². The minimum atomic E-state index is 0. The summed E-state index contributed by atoms with van der Waals surface area (Å²) in [7, 11) is 0.